The Bertz CT molecular complexity index is 302. The zero-order chi connectivity index (χ0) is 11.1. The first-order valence-electron chi connectivity index (χ1n) is 5.43. The Kier molecular flexibility index (Phi) is 5.48. The summed E-state index contributed by atoms with van der Waals surface area (Å²) >= 11 is 5.58. The number of halogens is 2. The van der Waals surface area contributed by atoms with Gasteiger partial charge in [0.2, 0.25) is 0 Å². The van der Waals surface area contributed by atoms with Gasteiger partial charge in [-0.15, -0.1) is 0 Å². The Morgan fingerprint density at radius 3 is 2.73 bits per heavy atom. The van der Waals surface area contributed by atoms with Crippen molar-refractivity contribution in [2.24, 2.45) is 0 Å². The van der Waals surface area contributed by atoms with Gasteiger partial charge in [-0.2, -0.15) is 0 Å². The molecule has 0 bridgehead atoms. The van der Waals surface area contributed by atoms with Crippen LogP contribution in [0.5, 0.6) is 0 Å². The standard InChI is InChI=1S/C12H17ClFN/c1-2-3-4-5-8-15-10-6-7-11(13)12(14)9-10/h6-7,9,15H,2-5,8H2,1H3. The highest BCUT2D eigenvalue weighted by molar-refractivity contribution is 6.30. The zero-order valence-electron chi connectivity index (χ0n) is 9.02. The van der Waals surface area contributed by atoms with E-state index >= 15 is 0 Å². The van der Waals surface area contributed by atoms with Crippen molar-refractivity contribution in [3.05, 3.63) is 29.0 Å². The molecule has 1 N–H and O–H groups in total. The fraction of sp³-hybridized carbons (Fsp3) is 0.500. The fourth-order valence-electron chi connectivity index (χ4n) is 1.39. The molecule has 0 fully saturated rings. The molecular weight excluding hydrogens is 213 g/mol. The summed E-state index contributed by atoms with van der Waals surface area (Å²) in [6.07, 6.45) is 4.84. The second kappa shape index (κ2) is 6.67. The van der Waals surface area contributed by atoms with Crippen LogP contribution in [0, 0.1) is 5.82 Å². The van der Waals surface area contributed by atoms with E-state index in [1.807, 2.05) is 0 Å². The molecule has 15 heavy (non-hydrogen) atoms. The summed E-state index contributed by atoms with van der Waals surface area (Å²) in [6.45, 7) is 3.07. The summed E-state index contributed by atoms with van der Waals surface area (Å²) in [4.78, 5) is 0. The third-order valence-electron chi connectivity index (χ3n) is 2.28. The molecule has 0 aliphatic rings. The lowest BCUT2D eigenvalue weighted by Crippen LogP contribution is -2.01. The van der Waals surface area contributed by atoms with Crippen LogP contribution < -0.4 is 5.32 Å². The first-order valence-corrected chi connectivity index (χ1v) is 5.80. The quantitative estimate of drug-likeness (QED) is 0.710. The SMILES string of the molecule is CCCCCCNc1ccc(Cl)c(F)c1. The highest BCUT2D eigenvalue weighted by atomic mass is 35.5. The number of anilines is 1. The van der Waals surface area contributed by atoms with Crippen LogP contribution in [0.3, 0.4) is 0 Å². The van der Waals surface area contributed by atoms with Gasteiger partial charge >= 0.3 is 0 Å². The monoisotopic (exact) mass is 229 g/mol. The molecule has 0 aliphatic heterocycles. The van der Waals surface area contributed by atoms with Gasteiger partial charge in [0.1, 0.15) is 5.82 Å². The summed E-state index contributed by atoms with van der Waals surface area (Å²) in [5.74, 6) is -0.366. The first-order chi connectivity index (χ1) is 7.24. The minimum Gasteiger partial charge on any atom is -0.385 e. The second-order valence-electron chi connectivity index (χ2n) is 3.62. The molecule has 1 rings (SSSR count). The lowest BCUT2D eigenvalue weighted by Gasteiger charge is -2.06. The van der Waals surface area contributed by atoms with Gasteiger partial charge in [0, 0.05) is 12.2 Å². The zero-order valence-corrected chi connectivity index (χ0v) is 9.78. The van der Waals surface area contributed by atoms with E-state index in [1.165, 1.54) is 25.3 Å². The van der Waals surface area contributed by atoms with Gasteiger partial charge in [-0.05, 0) is 24.6 Å². The van der Waals surface area contributed by atoms with Crippen LogP contribution in [-0.2, 0) is 0 Å². The van der Waals surface area contributed by atoms with Crippen molar-refractivity contribution in [2.45, 2.75) is 32.6 Å². The molecule has 1 aromatic rings. The lowest BCUT2D eigenvalue weighted by atomic mass is 10.2. The molecular formula is C12H17ClFN. The molecule has 1 aromatic carbocycles. The van der Waals surface area contributed by atoms with Crippen LogP contribution >= 0.6 is 11.6 Å². The van der Waals surface area contributed by atoms with E-state index in [0.29, 0.717) is 0 Å². The van der Waals surface area contributed by atoms with Crippen LogP contribution in [0.4, 0.5) is 10.1 Å². The Balaban J connectivity index is 2.28. The predicted molar refractivity (Wildman–Crippen MR) is 64.0 cm³/mol. The molecule has 84 valence electrons. The minimum atomic E-state index is -0.366. The molecule has 0 atom stereocenters. The molecule has 0 spiro atoms. The summed E-state index contributed by atoms with van der Waals surface area (Å²) in [7, 11) is 0. The fourth-order valence-corrected chi connectivity index (χ4v) is 1.51. The van der Waals surface area contributed by atoms with Crippen molar-refractivity contribution < 1.29 is 4.39 Å². The molecule has 0 saturated carbocycles. The van der Waals surface area contributed by atoms with E-state index in [4.69, 9.17) is 11.6 Å². The molecule has 0 saturated heterocycles. The number of hydrogen-bond donors (Lipinski definition) is 1. The molecule has 0 aromatic heterocycles. The number of hydrogen-bond acceptors (Lipinski definition) is 1. The maximum Gasteiger partial charge on any atom is 0.143 e. The van der Waals surface area contributed by atoms with E-state index in [-0.39, 0.29) is 10.8 Å². The average molecular weight is 230 g/mol. The molecule has 0 heterocycles. The van der Waals surface area contributed by atoms with E-state index in [1.54, 1.807) is 12.1 Å². The second-order valence-corrected chi connectivity index (χ2v) is 4.02. The largest absolute Gasteiger partial charge is 0.385 e. The first kappa shape index (κ1) is 12.3. The Hall–Kier alpha value is -0.760. The van der Waals surface area contributed by atoms with Gasteiger partial charge in [0.15, 0.2) is 0 Å². The molecule has 0 amide bonds. The molecule has 0 radical (unpaired) electrons. The Morgan fingerprint density at radius 1 is 1.27 bits per heavy atom. The van der Waals surface area contributed by atoms with Crippen molar-refractivity contribution in [1.82, 2.24) is 0 Å². The number of benzene rings is 1. The van der Waals surface area contributed by atoms with E-state index in [0.717, 1.165) is 18.7 Å². The van der Waals surface area contributed by atoms with Crippen LogP contribution in [0.15, 0.2) is 18.2 Å². The third-order valence-corrected chi connectivity index (χ3v) is 2.59. The highest BCUT2D eigenvalue weighted by Gasteiger charge is 1.99. The third kappa shape index (κ3) is 4.52. The maximum absolute atomic E-state index is 13.0. The topological polar surface area (TPSA) is 12.0 Å². The van der Waals surface area contributed by atoms with E-state index in [9.17, 15) is 4.39 Å². The molecule has 1 nitrogen and oxygen atoms in total. The van der Waals surface area contributed by atoms with Gasteiger partial charge < -0.3 is 5.32 Å². The van der Waals surface area contributed by atoms with E-state index in [2.05, 4.69) is 12.2 Å². The Labute approximate surface area is 95.6 Å². The van der Waals surface area contributed by atoms with Gasteiger partial charge in [-0.1, -0.05) is 37.8 Å². The lowest BCUT2D eigenvalue weighted by molar-refractivity contribution is 0.628. The summed E-state index contributed by atoms with van der Waals surface area (Å²) in [6, 6.07) is 4.80. The van der Waals surface area contributed by atoms with Crippen LogP contribution in [-0.4, -0.2) is 6.54 Å². The molecule has 0 unspecified atom stereocenters. The van der Waals surface area contributed by atoms with Gasteiger partial charge in [0.05, 0.1) is 5.02 Å². The summed E-state index contributed by atoms with van der Waals surface area (Å²) in [5.41, 5.74) is 0.799. The minimum absolute atomic E-state index is 0.173. The van der Waals surface area contributed by atoms with Crippen LogP contribution in [0.1, 0.15) is 32.6 Å². The molecule has 0 aliphatic carbocycles. The van der Waals surface area contributed by atoms with Gasteiger partial charge in [0.25, 0.3) is 0 Å². The van der Waals surface area contributed by atoms with Crippen molar-refractivity contribution in [3.8, 4) is 0 Å². The molecule has 3 heteroatoms. The number of nitrogens with one attached hydrogen (secondary N) is 1. The van der Waals surface area contributed by atoms with Crippen LogP contribution in [0.2, 0.25) is 5.02 Å². The smallest absolute Gasteiger partial charge is 0.143 e. The maximum atomic E-state index is 13.0. The summed E-state index contributed by atoms with van der Waals surface area (Å²) < 4.78 is 13.0. The predicted octanol–water partition coefficient (Wildman–Crippen LogP) is 4.47. The number of rotatable bonds is 6. The van der Waals surface area contributed by atoms with Crippen molar-refractivity contribution in [3.63, 3.8) is 0 Å². The number of unbranched alkanes of at least 4 members (excludes halogenated alkanes) is 3. The Morgan fingerprint density at radius 2 is 2.07 bits per heavy atom. The van der Waals surface area contributed by atoms with Gasteiger partial charge in [-0.3, -0.25) is 0 Å². The van der Waals surface area contributed by atoms with Crippen LogP contribution in [0.25, 0.3) is 0 Å². The highest BCUT2D eigenvalue weighted by Crippen LogP contribution is 2.18. The van der Waals surface area contributed by atoms with Gasteiger partial charge in [-0.25, -0.2) is 4.39 Å². The van der Waals surface area contributed by atoms with Crippen molar-refractivity contribution in [1.29, 1.82) is 0 Å². The van der Waals surface area contributed by atoms with Crippen molar-refractivity contribution >= 4 is 17.3 Å². The summed E-state index contributed by atoms with van der Waals surface area (Å²) in [5, 5.41) is 3.35. The average Bonchev–Trinajstić information content (AvgIpc) is 2.23. The van der Waals surface area contributed by atoms with E-state index < -0.39 is 0 Å². The van der Waals surface area contributed by atoms with Crippen molar-refractivity contribution in [2.75, 3.05) is 11.9 Å². The normalized spacial score (nSPS) is 10.3.